The van der Waals surface area contributed by atoms with Gasteiger partial charge in [-0.2, -0.15) is 0 Å². The summed E-state index contributed by atoms with van der Waals surface area (Å²) >= 11 is 0. The number of benzene rings is 2. The lowest BCUT2D eigenvalue weighted by Crippen LogP contribution is -2.42. The van der Waals surface area contributed by atoms with Crippen molar-refractivity contribution in [3.63, 3.8) is 0 Å². The Kier molecular flexibility index (Phi) is 5.01. The predicted octanol–water partition coefficient (Wildman–Crippen LogP) is 2.95. The number of nitrogens with one attached hydrogen (secondary N) is 1. The summed E-state index contributed by atoms with van der Waals surface area (Å²) in [5.74, 6) is 0.685. The summed E-state index contributed by atoms with van der Waals surface area (Å²) < 4.78 is 16.6. The Morgan fingerprint density at radius 3 is 2.70 bits per heavy atom. The fraction of sp³-hybridized carbons (Fsp3) is 0.381. The van der Waals surface area contributed by atoms with Crippen LogP contribution in [0.5, 0.6) is 11.5 Å². The molecule has 6 nitrogen and oxygen atoms in total. The number of hydrogen-bond donors (Lipinski definition) is 2. The number of aromatic carboxylic acids is 1. The van der Waals surface area contributed by atoms with Crippen LogP contribution in [0, 0.1) is 0 Å². The molecule has 2 aromatic carbocycles. The van der Waals surface area contributed by atoms with E-state index in [9.17, 15) is 4.79 Å². The quantitative estimate of drug-likeness (QED) is 0.815. The molecular formula is C21H23NO5. The third kappa shape index (κ3) is 3.77. The van der Waals surface area contributed by atoms with Crippen molar-refractivity contribution < 1.29 is 24.1 Å². The van der Waals surface area contributed by atoms with Gasteiger partial charge in [0.25, 0.3) is 0 Å². The molecule has 0 unspecified atom stereocenters. The van der Waals surface area contributed by atoms with Crippen LogP contribution in [0.2, 0.25) is 0 Å². The van der Waals surface area contributed by atoms with Crippen molar-refractivity contribution in [2.45, 2.75) is 24.8 Å². The molecule has 2 aromatic rings. The third-order valence-electron chi connectivity index (χ3n) is 5.40. The smallest absolute Gasteiger partial charge is 0.335 e. The Balaban J connectivity index is 1.49. The summed E-state index contributed by atoms with van der Waals surface area (Å²) in [6.07, 6.45) is 1.85. The van der Waals surface area contributed by atoms with E-state index >= 15 is 0 Å². The summed E-state index contributed by atoms with van der Waals surface area (Å²) in [5, 5.41) is 12.7. The van der Waals surface area contributed by atoms with E-state index in [2.05, 4.69) is 17.4 Å². The van der Waals surface area contributed by atoms with Gasteiger partial charge in [-0.05, 0) is 48.2 Å². The second-order valence-electron chi connectivity index (χ2n) is 7.07. The van der Waals surface area contributed by atoms with Crippen molar-refractivity contribution in [3.8, 4) is 11.5 Å². The highest BCUT2D eigenvalue weighted by Crippen LogP contribution is 2.40. The molecule has 27 heavy (non-hydrogen) atoms. The average Bonchev–Trinajstić information content (AvgIpc) is 3.17. The third-order valence-corrected chi connectivity index (χ3v) is 5.40. The minimum atomic E-state index is -0.905. The zero-order chi connectivity index (χ0) is 18.7. The lowest BCUT2D eigenvalue weighted by molar-refractivity contribution is 0.0497. The van der Waals surface area contributed by atoms with Gasteiger partial charge in [0.2, 0.25) is 6.79 Å². The number of fused-ring (bicyclic) bond motifs is 1. The van der Waals surface area contributed by atoms with Crippen LogP contribution >= 0.6 is 0 Å². The number of rotatable bonds is 6. The maximum Gasteiger partial charge on any atom is 0.335 e. The number of hydrogen-bond acceptors (Lipinski definition) is 5. The van der Waals surface area contributed by atoms with Crippen LogP contribution in [0.25, 0.3) is 0 Å². The average molecular weight is 369 g/mol. The monoisotopic (exact) mass is 369 g/mol. The maximum atomic E-state index is 11.1. The Labute approximate surface area is 158 Å². The summed E-state index contributed by atoms with van der Waals surface area (Å²) in [6, 6.07) is 13.2. The Bertz CT molecular complexity index is 829. The molecule has 4 rings (SSSR count). The summed E-state index contributed by atoms with van der Waals surface area (Å²) in [4.78, 5) is 11.1. The van der Waals surface area contributed by atoms with Gasteiger partial charge >= 0.3 is 5.97 Å². The summed E-state index contributed by atoms with van der Waals surface area (Å²) in [7, 11) is 0. The molecule has 0 aliphatic carbocycles. The normalized spacial score (nSPS) is 17.6. The molecule has 2 aliphatic rings. The maximum absolute atomic E-state index is 11.1. The van der Waals surface area contributed by atoms with Crippen LogP contribution < -0.4 is 14.8 Å². The van der Waals surface area contributed by atoms with Crippen LogP contribution in [-0.4, -0.2) is 37.6 Å². The van der Waals surface area contributed by atoms with Crippen molar-refractivity contribution in [1.29, 1.82) is 0 Å². The first-order valence-corrected chi connectivity index (χ1v) is 9.17. The molecule has 1 saturated heterocycles. The van der Waals surface area contributed by atoms with Gasteiger partial charge in [0.1, 0.15) is 0 Å². The molecule has 2 N–H and O–H groups in total. The second-order valence-corrected chi connectivity index (χ2v) is 7.07. The standard InChI is InChI=1S/C21H23NO5/c23-20(24)16-3-1-2-15(10-16)12-22-13-21(6-8-25-9-7-21)17-4-5-18-19(11-17)27-14-26-18/h1-5,10-11,22H,6-9,12-14H2,(H,23,24). The summed E-state index contributed by atoms with van der Waals surface area (Å²) in [5.41, 5.74) is 2.46. The van der Waals surface area contributed by atoms with E-state index in [0.29, 0.717) is 12.1 Å². The minimum Gasteiger partial charge on any atom is -0.478 e. The van der Waals surface area contributed by atoms with Gasteiger partial charge in [-0.3, -0.25) is 0 Å². The van der Waals surface area contributed by atoms with Gasteiger partial charge in [-0.25, -0.2) is 4.79 Å². The van der Waals surface area contributed by atoms with Gasteiger partial charge in [-0.15, -0.1) is 0 Å². The highest BCUT2D eigenvalue weighted by Gasteiger charge is 2.35. The Morgan fingerprint density at radius 1 is 1.07 bits per heavy atom. The van der Waals surface area contributed by atoms with Gasteiger partial charge in [0.15, 0.2) is 11.5 Å². The van der Waals surface area contributed by atoms with Gasteiger partial charge < -0.3 is 24.6 Å². The van der Waals surface area contributed by atoms with E-state index in [1.165, 1.54) is 5.56 Å². The van der Waals surface area contributed by atoms with Crippen LogP contribution in [-0.2, 0) is 16.7 Å². The van der Waals surface area contributed by atoms with Crippen LogP contribution in [0.15, 0.2) is 42.5 Å². The Morgan fingerprint density at radius 2 is 1.89 bits per heavy atom. The molecule has 142 valence electrons. The van der Waals surface area contributed by atoms with E-state index in [1.807, 2.05) is 12.1 Å². The fourth-order valence-corrected chi connectivity index (χ4v) is 3.82. The summed E-state index contributed by atoms with van der Waals surface area (Å²) in [6.45, 7) is 3.13. The molecule has 1 fully saturated rings. The van der Waals surface area contributed by atoms with Gasteiger partial charge in [0.05, 0.1) is 5.56 Å². The van der Waals surface area contributed by atoms with Crippen LogP contribution in [0.1, 0.15) is 34.3 Å². The van der Waals surface area contributed by atoms with E-state index < -0.39 is 5.97 Å². The van der Waals surface area contributed by atoms with Crippen LogP contribution in [0.4, 0.5) is 0 Å². The minimum absolute atomic E-state index is 0.0381. The predicted molar refractivity (Wildman–Crippen MR) is 99.4 cm³/mol. The topological polar surface area (TPSA) is 77.0 Å². The van der Waals surface area contributed by atoms with Gasteiger partial charge in [-0.1, -0.05) is 18.2 Å². The van der Waals surface area contributed by atoms with Crippen molar-refractivity contribution in [3.05, 3.63) is 59.2 Å². The first kappa shape index (κ1) is 17.8. The number of carboxylic acid groups (broad SMARTS) is 1. The molecular weight excluding hydrogens is 346 g/mol. The number of ether oxygens (including phenoxy) is 3. The second kappa shape index (κ2) is 7.58. The molecule has 0 saturated carbocycles. The first-order valence-electron chi connectivity index (χ1n) is 9.17. The van der Waals surface area contributed by atoms with Crippen molar-refractivity contribution in [2.75, 3.05) is 26.6 Å². The lowest BCUT2D eigenvalue weighted by Gasteiger charge is -2.38. The fourth-order valence-electron chi connectivity index (χ4n) is 3.82. The van der Waals surface area contributed by atoms with Crippen molar-refractivity contribution in [2.24, 2.45) is 0 Å². The molecule has 0 amide bonds. The Hall–Kier alpha value is -2.57. The zero-order valence-corrected chi connectivity index (χ0v) is 15.1. The molecule has 0 radical (unpaired) electrons. The van der Waals surface area contributed by atoms with E-state index in [1.54, 1.807) is 18.2 Å². The molecule has 2 heterocycles. The van der Waals surface area contributed by atoms with Crippen LogP contribution in [0.3, 0.4) is 0 Å². The molecule has 0 bridgehead atoms. The highest BCUT2D eigenvalue weighted by atomic mass is 16.7. The number of carboxylic acids is 1. The molecule has 0 aromatic heterocycles. The van der Waals surface area contributed by atoms with Crippen molar-refractivity contribution >= 4 is 5.97 Å². The lowest BCUT2D eigenvalue weighted by atomic mass is 9.74. The highest BCUT2D eigenvalue weighted by molar-refractivity contribution is 5.87. The van der Waals surface area contributed by atoms with Gasteiger partial charge in [0, 0.05) is 31.7 Å². The first-order chi connectivity index (χ1) is 13.2. The number of carbonyl (C=O) groups is 1. The molecule has 0 spiro atoms. The van der Waals surface area contributed by atoms with E-state index in [-0.39, 0.29) is 12.2 Å². The van der Waals surface area contributed by atoms with E-state index in [4.69, 9.17) is 19.3 Å². The molecule has 6 heteroatoms. The largest absolute Gasteiger partial charge is 0.478 e. The molecule has 2 aliphatic heterocycles. The SMILES string of the molecule is O=C(O)c1cccc(CNCC2(c3ccc4c(c3)OCO4)CCOCC2)c1. The van der Waals surface area contributed by atoms with Crippen molar-refractivity contribution in [1.82, 2.24) is 5.32 Å². The zero-order valence-electron chi connectivity index (χ0n) is 15.1. The molecule has 0 atom stereocenters. The van der Waals surface area contributed by atoms with E-state index in [0.717, 1.165) is 49.7 Å².